The number of ether oxygens (including phenoxy) is 2. The van der Waals surface area contributed by atoms with Crippen molar-refractivity contribution in [3.63, 3.8) is 0 Å². The summed E-state index contributed by atoms with van der Waals surface area (Å²) in [7, 11) is 0. The molecule has 0 radical (unpaired) electrons. The molecule has 0 spiro atoms. The summed E-state index contributed by atoms with van der Waals surface area (Å²) in [4.78, 5) is 0. The van der Waals surface area contributed by atoms with Gasteiger partial charge in [0.15, 0.2) is 0 Å². The fourth-order valence-electron chi connectivity index (χ4n) is 3.92. The Morgan fingerprint density at radius 3 is 3.00 bits per heavy atom. The zero-order valence-electron chi connectivity index (χ0n) is 7.68. The summed E-state index contributed by atoms with van der Waals surface area (Å²) in [5, 5.41) is 0. The average Bonchev–Trinajstić information content (AvgIpc) is 2.65. The third-order valence-corrected chi connectivity index (χ3v) is 5.88. The van der Waals surface area contributed by atoms with Gasteiger partial charge in [-0.3, -0.25) is 0 Å². The fourth-order valence-corrected chi connectivity index (χ4v) is 5.59. The van der Waals surface area contributed by atoms with E-state index in [2.05, 4.69) is 6.92 Å². The highest BCUT2D eigenvalue weighted by atomic mass is 32.2. The van der Waals surface area contributed by atoms with Crippen molar-refractivity contribution < 1.29 is 9.47 Å². The highest BCUT2D eigenvalue weighted by Gasteiger charge is 2.62. The smallest absolute Gasteiger partial charge is 0.109 e. The second kappa shape index (κ2) is 2.26. The standard InChI is InChI=1S/C10H14O2S/c1-4-8-6-2-5-7(8)3-11-9(5)13-10(6)12-4/h4-10H,2-3H2,1H3. The molecule has 3 aliphatic heterocycles. The predicted octanol–water partition coefficient (Wildman–Crippen LogP) is 1.70. The summed E-state index contributed by atoms with van der Waals surface area (Å²) in [6.07, 6.45) is 1.86. The first-order valence-corrected chi connectivity index (χ1v) is 6.21. The third-order valence-electron chi connectivity index (χ3n) is 4.39. The van der Waals surface area contributed by atoms with Crippen molar-refractivity contribution in [2.24, 2.45) is 23.7 Å². The van der Waals surface area contributed by atoms with Crippen molar-refractivity contribution in [3.05, 3.63) is 0 Å². The normalized spacial score (nSPS) is 67.6. The van der Waals surface area contributed by atoms with Crippen LogP contribution in [0.15, 0.2) is 0 Å². The maximum Gasteiger partial charge on any atom is 0.109 e. The van der Waals surface area contributed by atoms with E-state index in [0.29, 0.717) is 17.0 Å². The maximum atomic E-state index is 5.98. The van der Waals surface area contributed by atoms with E-state index < -0.39 is 0 Å². The molecule has 72 valence electrons. The topological polar surface area (TPSA) is 18.5 Å². The molecule has 3 heteroatoms. The molecule has 4 rings (SSSR count). The summed E-state index contributed by atoms with van der Waals surface area (Å²) in [5.41, 5.74) is 0.940. The first kappa shape index (κ1) is 7.55. The van der Waals surface area contributed by atoms with Gasteiger partial charge in [-0.25, -0.2) is 0 Å². The van der Waals surface area contributed by atoms with E-state index in [9.17, 15) is 0 Å². The Morgan fingerprint density at radius 2 is 2.08 bits per heavy atom. The molecule has 1 saturated carbocycles. The van der Waals surface area contributed by atoms with Gasteiger partial charge in [0.1, 0.15) is 10.9 Å². The molecule has 4 aliphatic rings. The number of hydrogen-bond donors (Lipinski definition) is 0. The van der Waals surface area contributed by atoms with Crippen LogP contribution in [0.2, 0.25) is 0 Å². The Labute approximate surface area is 82.4 Å². The minimum Gasteiger partial charge on any atom is -0.367 e. The van der Waals surface area contributed by atoms with E-state index in [-0.39, 0.29) is 0 Å². The molecule has 0 N–H and O–H groups in total. The zero-order valence-corrected chi connectivity index (χ0v) is 8.50. The molecular formula is C10H14O2S. The monoisotopic (exact) mass is 198 g/mol. The Hall–Kier alpha value is 0.270. The first-order valence-electron chi connectivity index (χ1n) is 5.27. The van der Waals surface area contributed by atoms with Crippen LogP contribution in [0.4, 0.5) is 0 Å². The molecule has 2 nitrogen and oxygen atoms in total. The number of thioether (sulfide) groups is 1. The average molecular weight is 198 g/mol. The maximum absolute atomic E-state index is 5.98. The van der Waals surface area contributed by atoms with Gasteiger partial charge >= 0.3 is 0 Å². The van der Waals surface area contributed by atoms with E-state index in [0.717, 1.165) is 30.3 Å². The Balaban J connectivity index is 1.82. The quantitative estimate of drug-likeness (QED) is 0.590. The molecule has 3 saturated heterocycles. The molecule has 2 bridgehead atoms. The van der Waals surface area contributed by atoms with Crippen LogP contribution in [0.5, 0.6) is 0 Å². The lowest BCUT2D eigenvalue weighted by Crippen LogP contribution is -2.27. The van der Waals surface area contributed by atoms with Gasteiger partial charge in [-0.1, -0.05) is 11.8 Å². The molecule has 1 aliphatic carbocycles. The van der Waals surface area contributed by atoms with E-state index in [1.54, 1.807) is 0 Å². The van der Waals surface area contributed by atoms with Crippen LogP contribution in [0, 0.1) is 23.7 Å². The summed E-state index contributed by atoms with van der Waals surface area (Å²) < 4.78 is 11.8. The van der Waals surface area contributed by atoms with Crippen molar-refractivity contribution >= 4 is 11.8 Å². The number of rotatable bonds is 0. The van der Waals surface area contributed by atoms with Gasteiger partial charge in [-0.2, -0.15) is 0 Å². The Morgan fingerprint density at radius 1 is 1.15 bits per heavy atom. The van der Waals surface area contributed by atoms with E-state index >= 15 is 0 Å². The molecule has 3 heterocycles. The molecule has 7 atom stereocenters. The molecule has 7 unspecified atom stereocenters. The summed E-state index contributed by atoms with van der Waals surface area (Å²) >= 11 is 1.95. The minimum atomic E-state index is 0.464. The van der Waals surface area contributed by atoms with Gasteiger partial charge in [0.25, 0.3) is 0 Å². The van der Waals surface area contributed by atoms with Crippen LogP contribution in [0.1, 0.15) is 13.3 Å². The van der Waals surface area contributed by atoms with Crippen molar-refractivity contribution in [2.45, 2.75) is 30.3 Å². The minimum absolute atomic E-state index is 0.464. The highest BCUT2D eigenvalue weighted by Crippen LogP contribution is 2.63. The second-order valence-electron chi connectivity index (χ2n) is 4.85. The lowest BCUT2D eigenvalue weighted by molar-refractivity contribution is 0.0630. The van der Waals surface area contributed by atoms with Crippen LogP contribution in [-0.2, 0) is 9.47 Å². The van der Waals surface area contributed by atoms with Gasteiger partial charge in [-0.05, 0) is 25.2 Å². The fraction of sp³-hybridized carbons (Fsp3) is 1.00. The van der Waals surface area contributed by atoms with Gasteiger partial charge in [0.05, 0.1) is 12.7 Å². The van der Waals surface area contributed by atoms with E-state index in [1.165, 1.54) is 6.42 Å². The molecule has 0 aromatic heterocycles. The number of hydrogen-bond acceptors (Lipinski definition) is 3. The van der Waals surface area contributed by atoms with Gasteiger partial charge < -0.3 is 9.47 Å². The predicted molar refractivity (Wildman–Crippen MR) is 50.2 cm³/mol. The zero-order chi connectivity index (χ0) is 8.58. The molecule has 0 aromatic rings. The highest BCUT2D eigenvalue weighted by molar-refractivity contribution is 8.00. The summed E-state index contributed by atoms with van der Waals surface area (Å²) in [6, 6.07) is 0. The largest absolute Gasteiger partial charge is 0.367 e. The SMILES string of the molecule is CC1OC2SC3OCC4C3CC2C14. The van der Waals surface area contributed by atoms with E-state index in [1.807, 2.05) is 11.8 Å². The van der Waals surface area contributed by atoms with Crippen LogP contribution in [-0.4, -0.2) is 23.6 Å². The van der Waals surface area contributed by atoms with Crippen molar-refractivity contribution in [3.8, 4) is 0 Å². The lowest BCUT2D eigenvalue weighted by Gasteiger charge is -2.29. The van der Waals surface area contributed by atoms with Gasteiger partial charge in [0.2, 0.25) is 0 Å². The van der Waals surface area contributed by atoms with Crippen LogP contribution in [0.25, 0.3) is 0 Å². The molecule has 13 heavy (non-hydrogen) atoms. The van der Waals surface area contributed by atoms with Crippen molar-refractivity contribution in [2.75, 3.05) is 6.61 Å². The molecular weight excluding hydrogens is 184 g/mol. The Bertz CT molecular complexity index is 257. The first-order chi connectivity index (χ1) is 6.34. The summed E-state index contributed by atoms with van der Waals surface area (Å²) in [5.74, 6) is 3.36. The van der Waals surface area contributed by atoms with Crippen LogP contribution >= 0.6 is 11.8 Å². The summed E-state index contributed by atoms with van der Waals surface area (Å²) in [6.45, 7) is 3.25. The van der Waals surface area contributed by atoms with Crippen LogP contribution < -0.4 is 0 Å². The van der Waals surface area contributed by atoms with Gasteiger partial charge in [-0.15, -0.1) is 0 Å². The molecule has 4 fully saturated rings. The Kier molecular flexibility index (Phi) is 1.31. The molecule has 0 aromatic carbocycles. The van der Waals surface area contributed by atoms with Crippen molar-refractivity contribution in [1.29, 1.82) is 0 Å². The number of fused-ring (bicyclic) bond motifs is 1. The van der Waals surface area contributed by atoms with Gasteiger partial charge in [0, 0.05) is 11.8 Å². The van der Waals surface area contributed by atoms with Crippen LogP contribution in [0.3, 0.4) is 0 Å². The molecule has 0 amide bonds. The lowest BCUT2D eigenvalue weighted by atomic mass is 9.87. The second-order valence-corrected chi connectivity index (χ2v) is 6.05. The van der Waals surface area contributed by atoms with E-state index in [4.69, 9.17) is 9.47 Å². The van der Waals surface area contributed by atoms with Crippen molar-refractivity contribution in [1.82, 2.24) is 0 Å². The third kappa shape index (κ3) is 0.760.